The first-order chi connectivity index (χ1) is 7.52. The summed E-state index contributed by atoms with van der Waals surface area (Å²) in [4.78, 5) is 13.7. The fourth-order valence-electron chi connectivity index (χ4n) is 1.97. The fraction of sp³-hybridized carbons (Fsp3) is 0.417. The van der Waals surface area contributed by atoms with Crippen molar-refractivity contribution >= 4 is 28.9 Å². The van der Waals surface area contributed by atoms with Crippen LogP contribution in [0.2, 0.25) is 5.02 Å². The van der Waals surface area contributed by atoms with Crippen molar-refractivity contribution in [1.29, 1.82) is 0 Å². The summed E-state index contributed by atoms with van der Waals surface area (Å²) in [6.45, 7) is 4.54. The second-order valence-corrected chi connectivity index (χ2v) is 4.65. The molecule has 16 heavy (non-hydrogen) atoms. The Labute approximate surface area is 100 Å². The van der Waals surface area contributed by atoms with Crippen LogP contribution in [-0.2, 0) is 4.79 Å². The molecule has 0 saturated heterocycles. The Balaban J connectivity index is 2.56. The van der Waals surface area contributed by atoms with Gasteiger partial charge >= 0.3 is 0 Å². The van der Waals surface area contributed by atoms with E-state index >= 15 is 0 Å². The number of fused-ring (bicyclic) bond motifs is 1. The van der Waals surface area contributed by atoms with E-state index in [2.05, 4.69) is 5.32 Å². The maximum Gasteiger partial charge on any atom is 0.231 e. The number of hydrogen-bond donors (Lipinski definition) is 1. The molecule has 0 fully saturated rings. The lowest BCUT2D eigenvalue weighted by Gasteiger charge is -2.19. The zero-order valence-electron chi connectivity index (χ0n) is 9.67. The Bertz CT molecular complexity index is 445. The Morgan fingerprint density at radius 2 is 2.19 bits per heavy atom. The number of nitrogens with zero attached hydrogens (tertiary/aromatic N) is 1. The van der Waals surface area contributed by atoms with E-state index in [1.807, 2.05) is 26.0 Å². The van der Waals surface area contributed by atoms with Crippen molar-refractivity contribution in [1.82, 2.24) is 0 Å². The minimum Gasteiger partial charge on any atom is -0.382 e. The van der Waals surface area contributed by atoms with Crippen molar-refractivity contribution in [3.8, 4) is 0 Å². The molecular weight excluding hydrogens is 224 g/mol. The first-order valence-electron chi connectivity index (χ1n) is 5.33. The van der Waals surface area contributed by atoms with E-state index in [4.69, 9.17) is 11.6 Å². The normalized spacial score (nSPS) is 20.1. The summed E-state index contributed by atoms with van der Waals surface area (Å²) in [5, 5.41) is 4.02. The van der Waals surface area contributed by atoms with Crippen molar-refractivity contribution in [3.05, 3.63) is 22.7 Å². The molecule has 0 saturated carbocycles. The molecule has 1 atom stereocenters. The molecule has 1 aliphatic rings. The number of rotatable bonds is 0. The van der Waals surface area contributed by atoms with Gasteiger partial charge in [-0.2, -0.15) is 0 Å². The average molecular weight is 239 g/mol. The summed E-state index contributed by atoms with van der Waals surface area (Å²) in [6, 6.07) is 3.71. The molecule has 0 aromatic heterocycles. The molecule has 1 N–H and O–H groups in total. The summed E-state index contributed by atoms with van der Waals surface area (Å²) in [7, 11) is 1.80. The van der Waals surface area contributed by atoms with Gasteiger partial charge < -0.3 is 10.2 Å². The van der Waals surface area contributed by atoms with E-state index in [0.717, 1.165) is 22.0 Å². The van der Waals surface area contributed by atoms with Crippen LogP contribution >= 0.6 is 11.6 Å². The molecule has 1 aromatic carbocycles. The molecule has 4 heteroatoms. The van der Waals surface area contributed by atoms with Crippen LogP contribution in [0.4, 0.5) is 11.4 Å². The van der Waals surface area contributed by atoms with Gasteiger partial charge in [0, 0.05) is 18.6 Å². The van der Waals surface area contributed by atoms with Crippen LogP contribution in [0.3, 0.4) is 0 Å². The highest BCUT2D eigenvalue weighted by atomic mass is 35.5. The van der Waals surface area contributed by atoms with Crippen molar-refractivity contribution in [2.45, 2.75) is 13.8 Å². The standard InChI is InChI=1S/C12H15ClN2O/c1-7-6-14-11-8(2)9(13)4-5-10(11)15(3)12(7)16/h4-5,7,14H,6H2,1-3H3. The monoisotopic (exact) mass is 238 g/mol. The van der Waals surface area contributed by atoms with E-state index in [-0.39, 0.29) is 11.8 Å². The van der Waals surface area contributed by atoms with Crippen LogP contribution < -0.4 is 10.2 Å². The fourth-order valence-corrected chi connectivity index (χ4v) is 2.12. The summed E-state index contributed by atoms with van der Waals surface area (Å²) < 4.78 is 0. The zero-order valence-corrected chi connectivity index (χ0v) is 10.4. The van der Waals surface area contributed by atoms with Crippen LogP contribution in [0, 0.1) is 12.8 Å². The molecule has 1 unspecified atom stereocenters. The molecule has 1 aromatic rings. The summed E-state index contributed by atoms with van der Waals surface area (Å²) >= 11 is 6.08. The maximum atomic E-state index is 12.0. The van der Waals surface area contributed by atoms with Crippen LogP contribution in [-0.4, -0.2) is 19.5 Å². The van der Waals surface area contributed by atoms with Crippen LogP contribution in [0.1, 0.15) is 12.5 Å². The van der Waals surface area contributed by atoms with Gasteiger partial charge in [0.05, 0.1) is 17.3 Å². The molecule has 0 bridgehead atoms. The predicted molar refractivity (Wildman–Crippen MR) is 67.3 cm³/mol. The van der Waals surface area contributed by atoms with Gasteiger partial charge in [0.15, 0.2) is 0 Å². The van der Waals surface area contributed by atoms with Gasteiger partial charge in [0.25, 0.3) is 0 Å². The molecular formula is C12H15ClN2O. The number of anilines is 2. The van der Waals surface area contributed by atoms with E-state index in [9.17, 15) is 4.79 Å². The largest absolute Gasteiger partial charge is 0.382 e. The van der Waals surface area contributed by atoms with Crippen LogP contribution in [0.5, 0.6) is 0 Å². The van der Waals surface area contributed by atoms with Crippen LogP contribution in [0.15, 0.2) is 12.1 Å². The van der Waals surface area contributed by atoms with Gasteiger partial charge in [-0.3, -0.25) is 4.79 Å². The number of carbonyl (C=O) groups excluding carboxylic acids is 1. The van der Waals surface area contributed by atoms with E-state index in [0.29, 0.717) is 6.54 Å². The molecule has 1 heterocycles. The maximum absolute atomic E-state index is 12.0. The SMILES string of the molecule is Cc1c(Cl)ccc2c1NCC(C)C(=O)N2C. The van der Waals surface area contributed by atoms with Gasteiger partial charge in [-0.1, -0.05) is 18.5 Å². The highest BCUT2D eigenvalue weighted by molar-refractivity contribution is 6.32. The summed E-state index contributed by atoms with van der Waals surface area (Å²) in [5.74, 6) is 0.114. The third-order valence-corrected chi connectivity index (χ3v) is 3.48. The number of halogens is 1. The number of benzene rings is 1. The van der Waals surface area contributed by atoms with Crippen molar-refractivity contribution in [2.24, 2.45) is 5.92 Å². The molecule has 1 aliphatic heterocycles. The Morgan fingerprint density at radius 3 is 2.88 bits per heavy atom. The average Bonchev–Trinajstić information content (AvgIpc) is 2.37. The van der Waals surface area contributed by atoms with Gasteiger partial charge in [-0.15, -0.1) is 0 Å². The zero-order chi connectivity index (χ0) is 11.9. The van der Waals surface area contributed by atoms with Gasteiger partial charge in [0.1, 0.15) is 0 Å². The van der Waals surface area contributed by atoms with E-state index in [1.54, 1.807) is 11.9 Å². The second kappa shape index (κ2) is 3.98. The topological polar surface area (TPSA) is 32.3 Å². The van der Waals surface area contributed by atoms with Crippen LogP contribution in [0.25, 0.3) is 0 Å². The summed E-state index contributed by atoms with van der Waals surface area (Å²) in [5.41, 5.74) is 2.86. The van der Waals surface area contributed by atoms with Crippen molar-refractivity contribution < 1.29 is 4.79 Å². The second-order valence-electron chi connectivity index (χ2n) is 4.25. The Hall–Kier alpha value is -1.22. The van der Waals surface area contributed by atoms with Gasteiger partial charge in [-0.25, -0.2) is 0 Å². The van der Waals surface area contributed by atoms with Gasteiger partial charge in [0.2, 0.25) is 5.91 Å². The smallest absolute Gasteiger partial charge is 0.231 e. The lowest BCUT2D eigenvalue weighted by Crippen LogP contribution is -2.31. The number of amides is 1. The van der Waals surface area contributed by atoms with Crippen molar-refractivity contribution in [2.75, 3.05) is 23.8 Å². The van der Waals surface area contributed by atoms with Gasteiger partial charge in [-0.05, 0) is 24.6 Å². The molecule has 2 rings (SSSR count). The lowest BCUT2D eigenvalue weighted by molar-refractivity contribution is -0.121. The summed E-state index contributed by atoms with van der Waals surface area (Å²) in [6.07, 6.45) is 0. The Morgan fingerprint density at radius 1 is 1.50 bits per heavy atom. The minimum absolute atomic E-state index is 0.0180. The number of nitrogens with one attached hydrogen (secondary N) is 1. The highest BCUT2D eigenvalue weighted by Crippen LogP contribution is 2.35. The number of hydrogen-bond acceptors (Lipinski definition) is 2. The molecule has 86 valence electrons. The molecule has 0 aliphatic carbocycles. The third-order valence-electron chi connectivity index (χ3n) is 3.08. The quantitative estimate of drug-likeness (QED) is 0.754. The highest BCUT2D eigenvalue weighted by Gasteiger charge is 2.25. The first-order valence-corrected chi connectivity index (χ1v) is 5.70. The lowest BCUT2D eigenvalue weighted by atomic mass is 10.1. The van der Waals surface area contributed by atoms with E-state index < -0.39 is 0 Å². The first kappa shape index (κ1) is 11.3. The molecule has 3 nitrogen and oxygen atoms in total. The van der Waals surface area contributed by atoms with Crippen molar-refractivity contribution in [3.63, 3.8) is 0 Å². The molecule has 1 amide bonds. The Kier molecular flexibility index (Phi) is 2.80. The predicted octanol–water partition coefficient (Wildman–Crippen LogP) is 2.67. The van der Waals surface area contributed by atoms with E-state index in [1.165, 1.54) is 0 Å². The molecule has 0 radical (unpaired) electrons. The number of carbonyl (C=O) groups is 1. The third kappa shape index (κ3) is 1.65. The molecule has 0 spiro atoms. The minimum atomic E-state index is -0.0180.